The van der Waals surface area contributed by atoms with E-state index in [1.807, 2.05) is 0 Å². The van der Waals surface area contributed by atoms with Gasteiger partial charge in [-0.3, -0.25) is 41.0 Å². The van der Waals surface area contributed by atoms with Crippen molar-refractivity contribution in [2.75, 3.05) is 23.8 Å². The SMILES string of the molecule is O=C(Nc1ccc(COC(=O)Oc2ccc([N+](=O)[O-])cc2)cc1)OCC(=Cc1ccc([N+](=O)[O-])cc1)COC(=O)Nc1ccc(COC(=O)Oc2ccc([N+](=O)[O-])cc2)cc1. The maximum Gasteiger partial charge on any atom is 0.514 e. The Hall–Kier alpha value is -8.88. The zero-order valence-corrected chi connectivity index (χ0v) is 31.3. The fraction of sp³-hybridized carbons (Fsp3) is 0.100. The van der Waals surface area contributed by atoms with Crippen molar-refractivity contribution in [2.45, 2.75) is 13.2 Å². The molecule has 2 N–H and O–H groups in total. The standard InChI is InChI=1S/C40H31N5O16/c46-37(41-30-7-1-27(2-8-30)22-58-39(48)60-35-17-13-33(14-18-35)44(52)53)56-24-29(21-26-5-11-32(12-6-26)43(50)51)25-57-38(47)42-31-9-3-28(4-10-31)23-59-40(49)61-36-19-15-34(16-20-36)45(54)55/h1-21H,22-25H2,(H,41,46)(H,42,47). The second-order valence-corrected chi connectivity index (χ2v) is 12.2. The Morgan fingerprint density at radius 1 is 0.475 bits per heavy atom. The van der Waals surface area contributed by atoms with E-state index in [1.165, 1.54) is 103 Å². The van der Waals surface area contributed by atoms with Crippen LogP contribution < -0.4 is 20.1 Å². The van der Waals surface area contributed by atoms with Gasteiger partial charge in [0, 0.05) is 53.3 Å². The number of nitro benzene ring substituents is 3. The van der Waals surface area contributed by atoms with E-state index < -0.39 is 39.3 Å². The fourth-order valence-corrected chi connectivity index (χ4v) is 4.85. The summed E-state index contributed by atoms with van der Waals surface area (Å²) in [5, 5.41) is 37.7. The van der Waals surface area contributed by atoms with E-state index >= 15 is 0 Å². The van der Waals surface area contributed by atoms with Gasteiger partial charge in [-0.2, -0.15) is 0 Å². The van der Waals surface area contributed by atoms with Crippen molar-refractivity contribution < 1.29 is 62.4 Å². The van der Waals surface area contributed by atoms with Crippen LogP contribution in [0.5, 0.6) is 11.5 Å². The van der Waals surface area contributed by atoms with E-state index in [9.17, 15) is 49.5 Å². The highest BCUT2D eigenvalue weighted by atomic mass is 16.7. The van der Waals surface area contributed by atoms with Crippen molar-refractivity contribution in [1.82, 2.24) is 0 Å². The van der Waals surface area contributed by atoms with Gasteiger partial charge in [0.2, 0.25) is 0 Å². The molecule has 0 atom stereocenters. The molecule has 0 heterocycles. The number of benzene rings is 5. The number of amides is 2. The maximum absolute atomic E-state index is 12.7. The second-order valence-electron chi connectivity index (χ2n) is 12.2. The molecule has 21 nitrogen and oxygen atoms in total. The van der Waals surface area contributed by atoms with Crippen LogP contribution in [-0.2, 0) is 32.2 Å². The highest BCUT2D eigenvalue weighted by Gasteiger charge is 2.14. The molecule has 5 aromatic rings. The molecule has 312 valence electrons. The van der Waals surface area contributed by atoms with E-state index in [0.29, 0.717) is 33.6 Å². The first kappa shape index (κ1) is 43.2. The van der Waals surface area contributed by atoms with Crippen LogP contribution in [0.15, 0.2) is 127 Å². The molecule has 0 saturated carbocycles. The molecule has 2 amide bonds. The zero-order chi connectivity index (χ0) is 43.7. The number of hydrogen-bond acceptors (Lipinski definition) is 16. The Kier molecular flexibility index (Phi) is 14.9. The molecule has 0 unspecified atom stereocenters. The second kappa shape index (κ2) is 21.0. The van der Waals surface area contributed by atoms with Crippen LogP contribution in [0.1, 0.15) is 16.7 Å². The Morgan fingerprint density at radius 3 is 1.16 bits per heavy atom. The lowest BCUT2D eigenvalue weighted by Crippen LogP contribution is -2.19. The fourth-order valence-electron chi connectivity index (χ4n) is 4.85. The molecule has 0 aliphatic carbocycles. The molecule has 0 radical (unpaired) electrons. The number of hydrogen-bond donors (Lipinski definition) is 2. The highest BCUT2D eigenvalue weighted by Crippen LogP contribution is 2.21. The van der Waals surface area contributed by atoms with Crippen molar-refractivity contribution >= 4 is 59.0 Å². The van der Waals surface area contributed by atoms with Crippen LogP contribution in [0.3, 0.4) is 0 Å². The molecule has 0 aliphatic heterocycles. The van der Waals surface area contributed by atoms with Crippen LogP contribution in [-0.4, -0.2) is 52.5 Å². The maximum atomic E-state index is 12.7. The number of nitro groups is 3. The number of rotatable bonds is 16. The van der Waals surface area contributed by atoms with Gasteiger partial charge in [-0.1, -0.05) is 24.3 Å². The van der Waals surface area contributed by atoms with Gasteiger partial charge in [-0.25, -0.2) is 19.2 Å². The monoisotopic (exact) mass is 837 g/mol. The van der Waals surface area contributed by atoms with Gasteiger partial charge in [-0.15, -0.1) is 0 Å². The van der Waals surface area contributed by atoms with Crippen molar-refractivity contribution in [3.63, 3.8) is 0 Å². The molecule has 5 rings (SSSR count). The van der Waals surface area contributed by atoms with Crippen molar-refractivity contribution in [3.8, 4) is 11.5 Å². The Balaban J connectivity index is 1.09. The summed E-state index contributed by atoms with van der Waals surface area (Å²) < 4.78 is 30.8. The topological polar surface area (TPSA) is 277 Å². The minimum absolute atomic E-state index is 0.0502. The van der Waals surface area contributed by atoms with Crippen molar-refractivity contribution in [2.24, 2.45) is 0 Å². The summed E-state index contributed by atoms with van der Waals surface area (Å²) in [5.41, 5.74) is 1.99. The third kappa shape index (κ3) is 14.2. The van der Waals surface area contributed by atoms with Crippen molar-refractivity contribution in [1.29, 1.82) is 0 Å². The lowest BCUT2D eigenvalue weighted by Gasteiger charge is -2.12. The number of non-ortho nitro benzene ring substituents is 3. The number of anilines is 2. The molecule has 0 aromatic heterocycles. The predicted octanol–water partition coefficient (Wildman–Crippen LogP) is 8.72. The summed E-state index contributed by atoms with van der Waals surface area (Å²) in [4.78, 5) is 80.3. The molecule has 0 fully saturated rings. The third-order valence-corrected chi connectivity index (χ3v) is 7.86. The number of nitrogens with zero attached hydrogens (tertiary/aromatic N) is 3. The lowest BCUT2D eigenvalue weighted by molar-refractivity contribution is -0.385. The minimum atomic E-state index is -1.04. The number of ether oxygens (including phenoxy) is 6. The quantitative estimate of drug-likeness (QED) is 0.0309. The van der Waals surface area contributed by atoms with E-state index in [1.54, 1.807) is 24.3 Å². The molecule has 21 heteroatoms. The summed E-state index contributed by atoms with van der Waals surface area (Å²) in [5.74, 6) is 0.100. The van der Waals surface area contributed by atoms with Crippen LogP contribution in [0.25, 0.3) is 6.08 Å². The van der Waals surface area contributed by atoms with Crippen molar-refractivity contribution in [3.05, 3.63) is 174 Å². The summed E-state index contributed by atoms with van der Waals surface area (Å²) in [6.07, 6.45) is -2.31. The average Bonchev–Trinajstić information content (AvgIpc) is 3.24. The van der Waals surface area contributed by atoms with Gasteiger partial charge in [0.25, 0.3) is 17.1 Å². The summed E-state index contributed by atoms with van der Waals surface area (Å²) in [6, 6.07) is 27.5. The Morgan fingerprint density at radius 2 is 0.820 bits per heavy atom. The predicted molar refractivity (Wildman–Crippen MR) is 212 cm³/mol. The molecule has 0 bridgehead atoms. The first-order valence-electron chi connectivity index (χ1n) is 17.5. The molecular formula is C40H31N5O16. The van der Waals surface area contributed by atoms with Gasteiger partial charge in [0.1, 0.15) is 37.9 Å². The highest BCUT2D eigenvalue weighted by molar-refractivity contribution is 5.85. The number of carbonyl (C=O) groups is 4. The van der Waals surface area contributed by atoms with E-state index in [2.05, 4.69) is 10.6 Å². The van der Waals surface area contributed by atoms with Crippen LogP contribution in [0, 0.1) is 30.3 Å². The summed E-state index contributed by atoms with van der Waals surface area (Å²) in [6.45, 7) is -1.09. The first-order valence-corrected chi connectivity index (χ1v) is 17.5. The molecule has 61 heavy (non-hydrogen) atoms. The smallest absolute Gasteiger partial charge is 0.445 e. The molecule has 0 aliphatic rings. The van der Waals surface area contributed by atoms with E-state index in [0.717, 1.165) is 0 Å². The average molecular weight is 838 g/mol. The van der Waals surface area contributed by atoms with Crippen LogP contribution >= 0.6 is 0 Å². The minimum Gasteiger partial charge on any atom is -0.445 e. The zero-order valence-electron chi connectivity index (χ0n) is 31.3. The van der Waals surface area contributed by atoms with Gasteiger partial charge < -0.3 is 28.4 Å². The van der Waals surface area contributed by atoms with Gasteiger partial charge in [0.15, 0.2) is 0 Å². The summed E-state index contributed by atoms with van der Waals surface area (Å²) >= 11 is 0. The molecule has 0 saturated heterocycles. The number of nitrogens with one attached hydrogen (secondary N) is 2. The van der Waals surface area contributed by atoms with E-state index in [-0.39, 0.29) is 55.0 Å². The largest absolute Gasteiger partial charge is 0.514 e. The lowest BCUT2D eigenvalue weighted by atomic mass is 10.1. The molecular weight excluding hydrogens is 806 g/mol. The number of carbonyl (C=O) groups excluding carboxylic acids is 4. The van der Waals surface area contributed by atoms with Gasteiger partial charge in [0.05, 0.1) is 14.8 Å². The normalized spacial score (nSPS) is 10.2. The van der Waals surface area contributed by atoms with Gasteiger partial charge >= 0.3 is 24.5 Å². The van der Waals surface area contributed by atoms with E-state index in [4.69, 9.17) is 28.4 Å². The molecule has 0 spiro atoms. The summed E-state index contributed by atoms with van der Waals surface area (Å²) in [7, 11) is 0. The van der Waals surface area contributed by atoms with Crippen LogP contribution in [0.2, 0.25) is 0 Å². The Labute approximate surface area is 343 Å². The third-order valence-electron chi connectivity index (χ3n) is 7.86. The van der Waals surface area contributed by atoms with Crippen LogP contribution in [0.4, 0.5) is 47.6 Å². The molecule has 5 aromatic carbocycles. The van der Waals surface area contributed by atoms with Gasteiger partial charge in [-0.05, 0) is 83.4 Å². The first-order chi connectivity index (χ1) is 29.3. The Bertz CT molecular complexity index is 2270.